The highest BCUT2D eigenvalue weighted by Gasteiger charge is 2.30. The number of alkyl halides is 3. The lowest BCUT2D eigenvalue weighted by molar-refractivity contribution is -0.137. The van der Waals surface area contributed by atoms with Gasteiger partial charge in [0.2, 0.25) is 0 Å². The van der Waals surface area contributed by atoms with Gasteiger partial charge in [0.1, 0.15) is 0 Å². The first-order valence-electron chi connectivity index (χ1n) is 7.11. The Labute approximate surface area is 150 Å². The van der Waals surface area contributed by atoms with E-state index in [0.717, 1.165) is 16.6 Å². The summed E-state index contributed by atoms with van der Waals surface area (Å²) < 4.78 is 43.5. The molecule has 132 valence electrons. The molecule has 0 aliphatic carbocycles. The second kappa shape index (κ2) is 8.15. The molecule has 0 radical (unpaired) electrons. The molecule has 25 heavy (non-hydrogen) atoms. The molecule has 4 nitrogen and oxygen atoms in total. The van der Waals surface area contributed by atoms with Crippen LogP contribution in [0.25, 0.3) is 0 Å². The van der Waals surface area contributed by atoms with E-state index in [1.165, 1.54) is 24.3 Å². The molecule has 0 spiro atoms. The second-order valence-corrected chi connectivity index (χ2v) is 5.97. The average Bonchev–Trinajstić information content (AvgIpc) is 2.58. The molecule has 0 aliphatic heterocycles. The van der Waals surface area contributed by atoms with E-state index in [0.29, 0.717) is 5.56 Å². The molecule has 0 unspecified atom stereocenters. The molecular weight excluding hydrogens is 403 g/mol. The van der Waals surface area contributed by atoms with Crippen LogP contribution in [0.4, 0.5) is 13.2 Å². The lowest BCUT2D eigenvalue weighted by Gasteiger charge is -2.10. The number of benzene rings is 2. The number of amides is 1. The van der Waals surface area contributed by atoms with Crippen LogP contribution >= 0.6 is 15.9 Å². The van der Waals surface area contributed by atoms with E-state index < -0.39 is 30.2 Å². The van der Waals surface area contributed by atoms with Gasteiger partial charge in [-0.2, -0.15) is 13.2 Å². The largest absolute Gasteiger partial charge is 0.452 e. The van der Waals surface area contributed by atoms with E-state index in [4.69, 9.17) is 4.74 Å². The number of esters is 1. The van der Waals surface area contributed by atoms with Crippen molar-refractivity contribution in [1.82, 2.24) is 5.32 Å². The molecule has 2 rings (SSSR count). The quantitative estimate of drug-likeness (QED) is 0.752. The summed E-state index contributed by atoms with van der Waals surface area (Å²) in [4.78, 5) is 23.4. The summed E-state index contributed by atoms with van der Waals surface area (Å²) in [6.45, 7) is -0.619. The predicted octanol–water partition coefficient (Wildman–Crippen LogP) is 3.94. The Kier molecular flexibility index (Phi) is 6.19. The van der Waals surface area contributed by atoms with Gasteiger partial charge in [-0.05, 0) is 42.0 Å². The van der Waals surface area contributed by atoms with Crippen LogP contribution < -0.4 is 5.32 Å². The van der Waals surface area contributed by atoms with Crippen molar-refractivity contribution in [3.05, 3.63) is 69.7 Å². The fourth-order valence-electron chi connectivity index (χ4n) is 1.91. The topological polar surface area (TPSA) is 55.4 Å². The van der Waals surface area contributed by atoms with Crippen LogP contribution in [0.5, 0.6) is 0 Å². The summed E-state index contributed by atoms with van der Waals surface area (Å²) in [6, 6.07) is 11.0. The molecule has 0 aliphatic rings. The van der Waals surface area contributed by atoms with Gasteiger partial charge < -0.3 is 10.1 Å². The normalized spacial score (nSPS) is 11.0. The SMILES string of the molecule is O=C(COC(=O)c1ccc(Br)cc1)NCc1cccc(C(F)(F)F)c1. The monoisotopic (exact) mass is 415 g/mol. The van der Waals surface area contributed by atoms with Gasteiger partial charge in [-0.1, -0.05) is 28.1 Å². The first-order valence-corrected chi connectivity index (χ1v) is 7.90. The van der Waals surface area contributed by atoms with Crippen molar-refractivity contribution in [2.75, 3.05) is 6.61 Å². The third kappa shape index (κ3) is 5.90. The maximum atomic E-state index is 12.6. The molecule has 0 fully saturated rings. The van der Waals surface area contributed by atoms with Crippen molar-refractivity contribution in [2.45, 2.75) is 12.7 Å². The van der Waals surface area contributed by atoms with Gasteiger partial charge in [-0.15, -0.1) is 0 Å². The predicted molar refractivity (Wildman–Crippen MR) is 87.7 cm³/mol. The number of nitrogens with one attached hydrogen (secondary N) is 1. The number of carbonyl (C=O) groups is 2. The highest BCUT2D eigenvalue weighted by atomic mass is 79.9. The van der Waals surface area contributed by atoms with Crippen molar-refractivity contribution < 1.29 is 27.5 Å². The maximum Gasteiger partial charge on any atom is 0.416 e. The van der Waals surface area contributed by atoms with E-state index >= 15 is 0 Å². The third-order valence-electron chi connectivity index (χ3n) is 3.16. The zero-order chi connectivity index (χ0) is 18.4. The molecule has 0 bridgehead atoms. The Morgan fingerprint density at radius 3 is 2.40 bits per heavy atom. The lowest BCUT2D eigenvalue weighted by atomic mass is 10.1. The summed E-state index contributed by atoms with van der Waals surface area (Å²) in [5, 5.41) is 2.40. The molecule has 0 atom stereocenters. The summed E-state index contributed by atoms with van der Waals surface area (Å²) in [7, 11) is 0. The minimum Gasteiger partial charge on any atom is -0.452 e. The minimum absolute atomic E-state index is 0.0986. The Morgan fingerprint density at radius 2 is 1.76 bits per heavy atom. The van der Waals surface area contributed by atoms with Crippen LogP contribution in [-0.4, -0.2) is 18.5 Å². The number of halogens is 4. The van der Waals surface area contributed by atoms with Crippen molar-refractivity contribution >= 4 is 27.8 Å². The summed E-state index contributed by atoms with van der Waals surface area (Å²) >= 11 is 3.23. The van der Waals surface area contributed by atoms with Gasteiger partial charge in [-0.3, -0.25) is 4.79 Å². The highest BCUT2D eigenvalue weighted by Crippen LogP contribution is 2.29. The van der Waals surface area contributed by atoms with E-state index in [1.807, 2.05) is 0 Å². The molecule has 0 aromatic heterocycles. The second-order valence-electron chi connectivity index (χ2n) is 5.06. The van der Waals surface area contributed by atoms with Crippen molar-refractivity contribution in [3.63, 3.8) is 0 Å². The molecular formula is C17H13BrF3NO3. The lowest BCUT2D eigenvalue weighted by Crippen LogP contribution is -2.28. The van der Waals surface area contributed by atoms with Crippen LogP contribution in [0.3, 0.4) is 0 Å². The van der Waals surface area contributed by atoms with Crippen molar-refractivity contribution in [2.24, 2.45) is 0 Å². The van der Waals surface area contributed by atoms with Crippen LogP contribution in [-0.2, 0) is 22.3 Å². The fraction of sp³-hybridized carbons (Fsp3) is 0.176. The molecule has 0 saturated carbocycles. The van der Waals surface area contributed by atoms with Crippen LogP contribution in [0, 0.1) is 0 Å². The Bertz CT molecular complexity index is 760. The van der Waals surface area contributed by atoms with Gasteiger partial charge in [0.15, 0.2) is 6.61 Å². The standard InChI is InChI=1S/C17H13BrF3NO3/c18-14-6-4-12(5-7-14)16(24)25-10-15(23)22-9-11-2-1-3-13(8-11)17(19,20)21/h1-8H,9-10H2,(H,22,23). The molecule has 2 aromatic rings. The first-order chi connectivity index (χ1) is 11.8. The zero-order valence-electron chi connectivity index (χ0n) is 12.8. The summed E-state index contributed by atoms with van der Waals surface area (Å²) in [6.07, 6.45) is -4.44. The average molecular weight is 416 g/mol. The molecule has 0 heterocycles. The van der Waals surface area contributed by atoms with Gasteiger partial charge >= 0.3 is 12.1 Å². The third-order valence-corrected chi connectivity index (χ3v) is 3.69. The fourth-order valence-corrected chi connectivity index (χ4v) is 2.17. The highest BCUT2D eigenvalue weighted by molar-refractivity contribution is 9.10. The molecule has 0 saturated heterocycles. The van der Waals surface area contributed by atoms with Gasteiger partial charge in [0.05, 0.1) is 11.1 Å². The number of hydrogen-bond acceptors (Lipinski definition) is 3. The van der Waals surface area contributed by atoms with E-state index in [-0.39, 0.29) is 12.1 Å². The zero-order valence-corrected chi connectivity index (χ0v) is 14.4. The maximum absolute atomic E-state index is 12.6. The molecule has 1 amide bonds. The van der Waals surface area contributed by atoms with E-state index in [9.17, 15) is 22.8 Å². The van der Waals surface area contributed by atoms with Gasteiger partial charge in [0.25, 0.3) is 5.91 Å². The molecule has 8 heteroatoms. The molecule has 2 aromatic carbocycles. The number of carbonyl (C=O) groups excluding carboxylic acids is 2. The van der Waals surface area contributed by atoms with Gasteiger partial charge in [0, 0.05) is 11.0 Å². The Hall–Kier alpha value is -2.35. The van der Waals surface area contributed by atoms with Crippen LogP contribution in [0.15, 0.2) is 53.0 Å². The number of rotatable bonds is 5. The summed E-state index contributed by atoms with van der Waals surface area (Å²) in [5.41, 5.74) is -0.211. The number of hydrogen-bond donors (Lipinski definition) is 1. The van der Waals surface area contributed by atoms with Crippen molar-refractivity contribution in [3.8, 4) is 0 Å². The van der Waals surface area contributed by atoms with Crippen LogP contribution in [0.1, 0.15) is 21.5 Å². The van der Waals surface area contributed by atoms with E-state index in [1.54, 1.807) is 12.1 Å². The smallest absolute Gasteiger partial charge is 0.416 e. The van der Waals surface area contributed by atoms with Crippen molar-refractivity contribution in [1.29, 1.82) is 0 Å². The Morgan fingerprint density at radius 1 is 1.08 bits per heavy atom. The first kappa shape index (κ1) is 19.0. The van der Waals surface area contributed by atoms with E-state index in [2.05, 4.69) is 21.2 Å². The Balaban J connectivity index is 1.83. The van der Waals surface area contributed by atoms with Crippen LogP contribution in [0.2, 0.25) is 0 Å². The molecule has 1 N–H and O–H groups in total. The minimum atomic E-state index is -4.44. The summed E-state index contributed by atoms with van der Waals surface area (Å²) in [5.74, 6) is -1.27. The number of ether oxygens (including phenoxy) is 1. The van der Waals surface area contributed by atoms with Gasteiger partial charge in [-0.25, -0.2) is 4.79 Å².